The number of aromatic nitrogens is 1. The first-order chi connectivity index (χ1) is 11.9. The molecule has 0 spiro atoms. The van der Waals surface area contributed by atoms with Gasteiger partial charge in [0.2, 0.25) is 0 Å². The van der Waals surface area contributed by atoms with E-state index in [2.05, 4.69) is 4.98 Å². The highest BCUT2D eigenvalue weighted by atomic mass is 32.2. The minimum atomic E-state index is -1.05. The van der Waals surface area contributed by atoms with E-state index in [9.17, 15) is 14.7 Å². The van der Waals surface area contributed by atoms with Crippen molar-refractivity contribution in [3.05, 3.63) is 47.0 Å². The molecule has 1 unspecified atom stereocenters. The average molecular weight is 372 g/mol. The van der Waals surface area contributed by atoms with Crippen LogP contribution in [0.15, 0.2) is 41.4 Å². The number of aliphatic carboxylic acids is 1. The quantitative estimate of drug-likeness (QED) is 0.654. The van der Waals surface area contributed by atoms with E-state index in [0.29, 0.717) is 4.91 Å². The zero-order valence-corrected chi connectivity index (χ0v) is 15.3. The zero-order valence-electron chi connectivity index (χ0n) is 13.7. The Bertz CT molecular complexity index is 903. The van der Waals surface area contributed by atoms with Gasteiger partial charge in [0.05, 0.1) is 10.4 Å². The molecule has 1 aromatic heterocycles. The lowest BCUT2D eigenvalue weighted by atomic mass is 10.0. The fourth-order valence-electron chi connectivity index (χ4n) is 2.80. The highest BCUT2D eigenvalue weighted by molar-refractivity contribution is 8.26. The van der Waals surface area contributed by atoms with Crippen molar-refractivity contribution in [1.82, 2.24) is 9.88 Å². The Morgan fingerprint density at radius 3 is 2.72 bits per heavy atom. The van der Waals surface area contributed by atoms with Crippen molar-refractivity contribution < 1.29 is 14.7 Å². The van der Waals surface area contributed by atoms with E-state index in [1.165, 1.54) is 4.90 Å². The van der Waals surface area contributed by atoms with E-state index < -0.39 is 12.0 Å². The SMILES string of the molecule is CC(C)C(C(=O)O)N1C(=O)/C(=C/c2ccnc3ccccc23)SC1=S. The van der Waals surface area contributed by atoms with Crippen LogP contribution in [0.5, 0.6) is 0 Å². The van der Waals surface area contributed by atoms with Crippen molar-refractivity contribution in [3.63, 3.8) is 0 Å². The van der Waals surface area contributed by atoms with Gasteiger partial charge in [0.1, 0.15) is 10.4 Å². The van der Waals surface area contributed by atoms with Crippen LogP contribution in [0.25, 0.3) is 17.0 Å². The number of thiocarbonyl (C=S) groups is 1. The van der Waals surface area contributed by atoms with Crippen molar-refractivity contribution in [3.8, 4) is 0 Å². The summed E-state index contributed by atoms with van der Waals surface area (Å²) in [4.78, 5) is 30.3. The minimum absolute atomic E-state index is 0.249. The zero-order chi connectivity index (χ0) is 18.1. The molecule has 2 heterocycles. The molecular formula is C18H16N2O3S2. The van der Waals surface area contributed by atoms with Gasteiger partial charge in [0.25, 0.3) is 5.91 Å². The molecule has 5 nitrogen and oxygen atoms in total. The fourth-order valence-corrected chi connectivity index (χ4v) is 4.12. The molecule has 128 valence electrons. The first-order valence-corrected chi connectivity index (χ1v) is 8.96. The smallest absolute Gasteiger partial charge is 0.327 e. The lowest BCUT2D eigenvalue weighted by molar-refractivity contribution is -0.146. The van der Waals surface area contributed by atoms with Gasteiger partial charge in [-0.05, 0) is 29.7 Å². The van der Waals surface area contributed by atoms with Crippen LogP contribution in [0, 0.1) is 5.92 Å². The number of carboxylic acids is 1. The van der Waals surface area contributed by atoms with Gasteiger partial charge in [0, 0.05) is 11.6 Å². The molecule has 1 aliphatic heterocycles. The monoisotopic (exact) mass is 372 g/mol. The molecule has 0 aliphatic carbocycles. The second kappa shape index (κ2) is 6.93. The summed E-state index contributed by atoms with van der Waals surface area (Å²) >= 11 is 6.41. The van der Waals surface area contributed by atoms with Crippen molar-refractivity contribution in [2.45, 2.75) is 19.9 Å². The molecule has 1 amide bonds. The second-order valence-corrected chi connectivity index (χ2v) is 7.67. The number of para-hydroxylation sites is 1. The van der Waals surface area contributed by atoms with E-state index in [1.54, 1.807) is 26.1 Å². The van der Waals surface area contributed by atoms with Gasteiger partial charge in [-0.3, -0.25) is 14.7 Å². The van der Waals surface area contributed by atoms with Crippen molar-refractivity contribution >= 4 is 57.2 Å². The molecule has 1 aliphatic rings. The molecule has 2 aromatic rings. The Kier molecular flexibility index (Phi) is 4.87. The van der Waals surface area contributed by atoms with E-state index in [1.807, 2.05) is 30.3 Å². The first-order valence-electron chi connectivity index (χ1n) is 7.73. The third-order valence-corrected chi connectivity index (χ3v) is 5.29. The van der Waals surface area contributed by atoms with Crippen LogP contribution < -0.4 is 0 Å². The maximum atomic E-state index is 12.8. The van der Waals surface area contributed by atoms with Crippen LogP contribution in [-0.4, -0.2) is 37.2 Å². The van der Waals surface area contributed by atoms with Crippen molar-refractivity contribution in [2.24, 2.45) is 5.92 Å². The number of rotatable bonds is 4. The molecule has 1 atom stereocenters. The molecule has 0 saturated carbocycles. The number of carbonyl (C=O) groups excluding carboxylic acids is 1. The van der Waals surface area contributed by atoms with Gasteiger partial charge in [-0.15, -0.1) is 0 Å². The van der Waals surface area contributed by atoms with Crippen LogP contribution in [0.2, 0.25) is 0 Å². The molecule has 3 rings (SSSR count). The highest BCUT2D eigenvalue weighted by Crippen LogP contribution is 2.36. The van der Waals surface area contributed by atoms with Crippen LogP contribution in [0.1, 0.15) is 19.4 Å². The minimum Gasteiger partial charge on any atom is -0.480 e. The Morgan fingerprint density at radius 1 is 1.32 bits per heavy atom. The molecule has 1 saturated heterocycles. The van der Waals surface area contributed by atoms with Gasteiger partial charge < -0.3 is 5.11 Å². The molecule has 1 aromatic carbocycles. The normalized spacial score (nSPS) is 17.7. The maximum Gasteiger partial charge on any atom is 0.327 e. The highest BCUT2D eigenvalue weighted by Gasteiger charge is 2.41. The Balaban J connectivity index is 2.02. The number of fused-ring (bicyclic) bond motifs is 1. The third kappa shape index (κ3) is 3.29. The second-order valence-electron chi connectivity index (χ2n) is 6.00. The standard InChI is InChI=1S/C18H16N2O3S2/c1-10(2)15(17(22)23)20-16(21)14(25-18(20)24)9-11-7-8-19-13-6-4-3-5-12(11)13/h3-10,15H,1-2H3,(H,22,23)/b14-9-. The van der Waals surface area contributed by atoms with E-state index >= 15 is 0 Å². The number of nitrogens with zero attached hydrogens (tertiary/aromatic N) is 2. The summed E-state index contributed by atoms with van der Waals surface area (Å²) in [5, 5.41) is 10.4. The van der Waals surface area contributed by atoms with Gasteiger partial charge >= 0.3 is 5.97 Å². The molecule has 1 fully saturated rings. The fraction of sp³-hybridized carbons (Fsp3) is 0.222. The van der Waals surface area contributed by atoms with Crippen molar-refractivity contribution in [2.75, 3.05) is 0 Å². The Hall–Kier alpha value is -2.25. The van der Waals surface area contributed by atoms with Gasteiger partial charge in [-0.2, -0.15) is 0 Å². The number of carboxylic acid groups (broad SMARTS) is 1. The molecule has 0 radical (unpaired) electrons. The summed E-state index contributed by atoms with van der Waals surface area (Å²) in [7, 11) is 0. The van der Waals surface area contributed by atoms with E-state index in [-0.39, 0.29) is 16.1 Å². The molecule has 25 heavy (non-hydrogen) atoms. The average Bonchev–Trinajstić information content (AvgIpc) is 2.83. The molecule has 0 bridgehead atoms. The summed E-state index contributed by atoms with van der Waals surface area (Å²) in [5.74, 6) is -1.67. The number of hydrogen-bond acceptors (Lipinski definition) is 5. The Labute approximate surface area is 154 Å². The first kappa shape index (κ1) is 17.6. The molecular weight excluding hydrogens is 356 g/mol. The Morgan fingerprint density at radius 2 is 2.04 bits per heavy atom. The predicted molar refractivity (Wildman–Crippen MR) is 103 cm³/mol. The molecule has 7 heteroatoms. The number of carbonyl (C=O) groups is 2. The summed E-state index contributed by atoms with van der Waals surface area (Å²) in [6.07, 6.45) is 3.44. The lowest BCUT2D eigenvalue weighted by Gasteiger charge is -2.26. The van der Waals surface area contributed by atoms with Crippen LogP contribution >= 0.6 is 24.0 Å². The third-order valence-electron chi connectivity index (χ3n) is 3.96. The largest absolute Gasteiger partial charge is 0.480 e. The number of thioether (sulfide) groups is 1. The number of benzene rings is 1. The predicted octanol–water partition coefficient (Wildman–Crippen LogP) is 3.55. The van der Waals surface area contributed by atoms with Gasteiger partial charge in [0.15, 0.2) is 0 Å². The van der Waals surface area contributed by atoms with Crippen LogP contribution in [-0.2, 0) is 9.59 Å². The summed E-state index contributed by atoms with van der Waals surface area (Å²) in [6.45, 7) is 3.52. The number of amides is 1. The van der Waals surface area contributed by atoms with Crippen molar-refractivity contribution in [1.29, 1.82) is 0 Å². The summed E-state index contributed by atoms with van der Waals surface area (Å²) < 4.78 is 0.274. The van der Waals surface area contributed by atoms with Crippen LogP contribution in [0.4, 0.5) is 0 Å². The van der Waals surface area contributed by atoms with E-state index in [4.69, 9.17) is 12.2 Å². The topological polar surface area (TPSA) is 70.5 Å². The molecule has 1 N–H and O–H groups in total. The van der Waals surface area contributed by atoms with Crippen LogP contribution in [0.3, 0.4) is 0 Å². The van der Waals surface area contributed by atoms with Gasteiger partial charge in [-0.1, -0.05) is 56.0 Å². The number of pyridine rings is 1. The number of hydrogen-bond donors (Lipinski definition) is 1. The lowest BCUT2D eigenvalue weighted by Crippen LogP contribution is -2.47. The van der Waals surface area contributed by atoms with E-state index in [0.717, 1.165) is 28.2 Å². The van der Waals surface area contributed by atoms with Gasteiger partial charge in [-0.25, -0.2) is 4.79 Å². The maximum absolute atomic E-state index is 12.8. The summed E-state index contributed by atoms with van der Waals surface area (Å²) in [6, 6.07) is 8.50. The summed E-state index contributed by atoms with van der Waals surface area (Å²) in [5.41, 5.74) is 1.68.